The van der Waals surface area contributed by atoms with E-state index >= 15 is 0 Å². The second-order valence-electron chi connectivity index (χ2n) is 8.67. The van der Waals surface area contributed by atoms with Crippen molar-refractivity contribution in [1.29, 1.82) is 0 Å². The molecule has 0 aliphatic heterocycles. The number of aromatic nitrogens is 1. The number of carboxylic acid groups (broad SMARTS) is 1. The topological polar surface area (TPSA) is 126 Å². The number of ether oxygens (including phenoxy) is 1. The molecule has 0 spiro atoms. The molecule has 9 nitrogen and oxygen atoms in total. The zero-order valence-electron chi connectivity index (χ0n) is 19.8. The molecule has 0 saturated heterocycles. The van der Waals surface area contributed by atoms with Crippen LogP contribution in [0.3, 0.4) is 0 Å². The molecule has 12 heteroatoms. The summed E-state index contributed by atoms with van der Waals surface area (Å²) in [5.74, 6) is -0.316. The number of hydrogen-bond acceptors (Lipinski definition) is 8. The molecule has 1 saturated carbocycles. The Hall–Kier alpha value is -2.15. The molecule has 1 heterocycles. The van der Waals surface area contributed by atoms with Gasteiger partial charge < -0.3 is 14.7 Å². The van der Waals surface area contributed by atoms with Gasteiger partial charge in [-0.25, -0.2) is 18.2 Å². The summed E-state index contributed by atoms with van der Waals surface area (Å²) in [7, 11) is -3.24. The van der Waals surface area contributed by atoms with E-state index in [1.807, 2.05) is 4.90 Å². The van der Waals surface area contributed by atoms with Crippen LogP contribution in [0.5, 0.6) is 0 Å². The van der Waals surface area contributed by atoms with E-state index < -0.39 is 15.8 Å². The summed E-state index contributed by atoms with van der Waals surface area (Å²) in [5, 5.41) is 12.1. The Balaban J connectivity index is 1.56. The standard InChI is InChI=1S/C23H31N3O6S3/c1-16-3-7-18(8-4-16)26(23(29)25-22-24-13-21(34-22)33-15-20(27)28)11-12-32-14-17-5-9-19(10-6-17)35(2,30)31/h5-6,9-10,13,16,18H,3-4,7-8,11-12,14-15H2,1-2H3,(H,27,28)(H,24,25,29). The molecule has 2 amide bonds. The van der Waals surface area contributed by atoms with Gasteiger partial charge in [0.25, 0.3) is 0 Å². The minimum absolute atomic E-state index is 0.0592. The van der Waals surface area contributed by atoms with Crippen molar-refractivity contribution in [2.45, 2.75) is 54.4 Å². The van der Waals surface area contributed by atoms with Crippen LogP contribution < -0.4 is 5.32 Å². The molecule has 0 atom stereocenters. The molecular formula is C23H31N3O6S3. The number of amides is 2. The Morgan fingerprint density at radius 1 is 1.23 bits per heavy atom. The second kappa shape index (κ2) is 12.7. The van der Waals surface area contributed by atoms with Gasteiger partial charge in [-0.15, -0.1) is 11.8 Å². The molecule has 0 radical (unpaired) electrons. The van der Waals surface area contributed by atoms with Crippen molar-refractivity contribution in [1.82, 2.24) is 9.88 Å². The predicted octanol–water partition coefficient (Wildman–Crippen LogP) is 4.35. The number of nitrogens with zero attached hydrogens (tertiary/aromatic N) is 2. The molecule has 1 aliphatic carbocycles. The van der Waals surface area contributed by atoms with Crippen molar-refractivity contribution in [2.75, 3.05) is 30.5 Å². The van der Waals surface area contributed by atoms with Crippen LogP contribution in [0, 0.1) is 5.92 Å². The van der Waals surface area contributed by atoms with Gasteiger partial charge in [-0.2, -0.15) is 0 Å². The number of anilines is 1. The van der Waals surface area contributed by atoms with Crippen molar-refractivity contribution >= 4 is 50.1 Å². The number of sulfone groups is 1. The third-order valence-electron chi connectivity index (χ3n) is 5.82. The lowest BCUT2D eigenvalue weighted by Crippen LogP contribution is -2.46. The Labute approximate surface area is 214 Å². The van der Waals surface area contributed by atoms with Crippen molar-refractivity contribution < 1.29 is 27.9 Å². The minimum Gasteiger partial charge on any atom is -0.481 e. The highest BCUT2D eigenvalue weighted by Crippen LogP contribution is 2.30. The fraction of sp³-hybridized carbons (Fsp3) is 0.522. The first-order valence-corrected chi connectivity index (χ1v) is 15.1. The number of urea groups is 1. The number of carbonyl (C=O) groups is 2. The first-order chi connectivity index (χ1) is 16.6. The number of carbonyl (C=O) groups excluding carboxylic acids is 1. The number of carboxylic acids is 1. The lowest BCUT2D eigenvalue weighted by Gasteiger charge is -2.36. The lowest BCUT2D eigenvalue weighted by atomic mass is 9.86. The molecule has 1 fully saturated rings. The Morgan fingerprint density at radius 3 is 2.54 bits per heavy atom. The van der Waals surface area contributed by atoms with Gasteiger partial charge in [0.05, 0.1) is 34.3 Å². The summed E-state index contributed by atoms with van der Waals surface area (Å²) >= 11 is 2.42. The van der Waals surface area contributed by atoms with Crippen LogP contribution >= 0.6 is 23.1 Å². The fourth-order valence-corrected chi connectivity index (χ4v) is 6.08. The van der Waals surface area contributed by atoms with E-state index in [1.165, 1.54) is 29.4 Å². The number of thioether (sulfide) groups is 1. The van der Waals surface area contributed by atoms with Crippen LogP contribution in [0.1, 0.15) is 38.2 Å². The molecule has 0 bridgehead atoms. The highest BCUT2D eigenvalue weighted by Gasteiger charge is 2.28. The quantitative estimate of drug-likeness (QED) is 0.318. The predicted molar refractivity (Wildman–Crippen MR) is 137 cm³/mol. The van der Waals surface area contributed by atoms with E-state index in [2.05, 4.69) is 17.2 Å². The van der Waals surface area contributed by atoms with E-state index in [0.29, 0.717) is 30.8 Å². The smallest absolute Gasteiger partial charge is 0.323 e. The highest BCUT2D eigenvalue weighted by atomic mass is 32.2. The minimum atomic E-state index is -3.24. The molecule has 192 valence electrons. The summed E-state index contributed by atoms with van der Waals surface area (Å²) in [6.07, 6.45) is 6.73. The number of thiazole rings is 1. The second-order valence-corrected chi connectivity index (χ2v) is 13.0. The van der Waals surface area contributed by atoms with Gasteiger partial charge in [-0.1, -0.05) is 30.4 Å². The van der Waals surface area contributed by atoms with E-state index in [0.717, 1.165) is 35.5 Å². The van der Waals surface area contributed by atoms with Crippen molar-refractivity contribution in [3.05, 3.63) is 36.0 Å². The average Bonchev–Trinajstić information content (AvgIpc) is 3.25. The van der Waals surface area contributed by atoms with Gasteiger partial charge in [0.15, 0.2) is 15.0 Å². The molecule has 2 N–H and O–H groups in total. The summed E-state index contributed by atoms with van der Waals surface area (Å²) in [5.41, 5.74) is 0.856. The van der Waals surface area contributed by atoms with Gasteiger partial charge in [0.2, 0.25) is 0 Å². The van der Waals surface area contributed by atoms with Crippen molar-refractivity contribution in [2.24, 2.45) is 5.92 Å². The van der Waals surface area contributed by atoms with Gasteiger partial charge in [-0.05, 0) is 49.3 Å². The summed E-state index contributed by atoms with van der Waals surface area (Å²) in [6.45, 7) is 3.30. The molecule has 1 aromatic heterocycles. The molecular weight excluding hydrogens is 510 g/mol. The lowest BCUT2D eigenvalue weighted by molar-refractivity contribution is -0.133. The first kappa shape index (κ1) is 27.4. The first-order valence-electron chi connectivity index (χ1n) is 11.4. The number of benzene rings is 1. The van der Waals surface area contributed by atoms with Gasteiger partial charge in [0, 0.05) is 18.8 Å². The van der Waals surface area contributed by atoms with Gasteiger partial charge in [-0.3, -0.25) is 10.1 Å². The monoisotopic (exact) mass is 541 g/mol. The van der Waals surface area contributed by atoms with Crippen LogP contribution in [0.4, 0.5) is 9.93 Å². The Kier molecular flexibility index (Phi) is 9.96. The summed E-state index contributed by atoms with van der Waals surface area (Å²) < 4.78 is 29.7. The van der Waals surface area contributed by atoms with E-state index in [4.69, 9.17) is 9.84 Å². The van der Waals surface area contributed by atoms with E-state index in [9.17, 15) is 18.0 Å². The fourth-order valence-electron chi connectivity index (χ4n) is 3.87. The van der Waals surface area contributed by atoms with E-state index in [-0.39, 0.29) is 22.7 Å². The van der Waals surface area contributed by atoms with Crippen molar-refractivity contribution in [3.8, 4) is 0 Å². The maximum atomic E-state index is 13.1. The molecule has 2 aromatic rings. The van der Waals surface area contributed by atoms with Gasteiger partial charge in [0.1, 0.15) is 0 Å². The SMILES string of the molecule is CC1CCC(N(CCOCc2ccc(S(C)(=O)=O)cc2)C(=O)Nc2ncc(SCC(=O)O)s2)CC1. The Bertz CT molecular complexity index is 1100. The zero-order chi connectivity index (χ0) is 25.4. The third-order valence-corrected chi connectivity index (χ3v) is 9.04. The third kappa shape index (κ3) is 8.78. The number of hydrogen-bond donors (Lipinski definition) is 2. The van der Waals surface area contributed by atoms with Gasteiger partial charge >= 0.3 is 12.0 Å². The van der Waals surface area contributed by atoms with Crippen LogP contribution in [-0.4, -0.2) is 66.6 Å². The maximum absolute atomic E-state index is 13.1. The van der Waals surface area contributed by atoms with Crippen LogP contribution in [0.25, 0.3) is 0 Å². The highest BCUT2D eigenvalue weighted by molar-refractivity contribution is 8.01. The summed E-state index contributed by atoms with van der Waals surface area (Å²) in [6, 6.07) is 6.46. The molecule has 0 unspecified atom stereocenters. The van der Waals surface area contributed by atoms with E-state index in [1.54, 1.807) is 30.5 Å². The number of aliphatic carboxylic acids is 1. The number of nitrogens with one attached hydrogen (secondary N) is 1. The van der Waals surface area contributed by atoms with Crippen LogP contribution in [0.2, 0.25) is 0 Å². The molecule has 3 rings (SSSR count). The number of rotatable bonds is 11. The molecule has 1 aliphatic rings. The Morgan fingerprint density at radius 2 is 1.91 bits per heavy atom. The van der Waals surface area contributed by atoms with Crippen molar-refractivity contribution in [3.63, 3.8) is 0 Å². The average molecular weight is 542 g/mol. The molecule has 35 heavy (non-hydrogen) atoms. The van der Waals surface area contributed by atoms with Crippen LogP contribution in [0.15, 0.2) is 39.6 Å². The van der Waals surface area contributed by atoms with Crippen LogP contribution in [-0.2, 0) is 26.0 Å². The zero-order valence-corrected chi connectivity index (χ0v) is 22.3. The molecule has 1 aromatic carbocycles. The maximum Gasteiger partial charge on any atom is 0.323 e. The normalized spacial score (nSPS) is 18.2. The summed E-state index contributed by atoms with van der Waals surface area (Å²) in [4.78, 5) is 30.2. The largest absolute Gasteiger partial charge is 0.481 e.